The zero-order valence-corrected chi connectivity index (χ0v) is 8.16. The Labute approximate surface area is 78.4 Å². The average Bonchev–Trinajstić information content (AvgIpc) is 2.43. The molecule has 1 heterocycles. The number of ether oxygens (including phenoxy) is 2. The number of esters is 1. The summed E-state index contributed by atoms with van der Waals surface area (Å²) in [6.07, 6.45) is 2.88. The monoisotopic (exact) mass is 184 g/mol. The summed E-state index contributed by atoms with van der Waals surface area (Å²) in [6, 6.07) is 0. The van der Waals surface area contributed by atoms with Crippen LogP contribution in [0.4, 0.5) is 0 Å². The Morgan fingerprint density at radius 2 is 2.23 bits per heavy atom. The third kappa shape index (κ3) is 1.57. The van der Waals surface area contributed by atoms with Gasteiger partial charge in [-0.3, -0.25) is 4.79 Å². The van der Waals surface area contributed by atoms with E-state index in [-0.39, 0.29) is 18.2 Å². The zero-order chi connectivity index (χ0) is 9.42. The van der Waals surface area contributed by atoms with Gasteiger partial charge in [0.2, 0.25) is 0 Å². The Kier molecular flexibility index (Phi) is 2.28. The summed E-state index contributed by atoms with van der Waals surface area (Å²) in [5.74, 6) is 1.01. The minimum Gasteiger partial charge on any atom is -0.459 e. The summed E-state index contributed by atoms with van der Waals surface area (Å²) >= 11 is 0. The number of carbonyl (C=O) groups is 1. The molecule has 0 N–H and O–H groups in total. The molecule has 0 spiro atoms. The summed E-state index contributed by atoms with van der Waals surface area (Å²) in [7, 11) is 1.70. The first-order valence-corrected chi connectivity index (χ1v) is 4.93. The lowest BCUT2D eigenvalue weighted by Gasteiger charge is -2.34. The molecule has 1 saturated carbocycles. The molecule has 13 heavy (non-hydrogen) atoms. The predicted molar refractivity (Wildman–Crippen MR) is 47.2 cm³/mol. The lowest BCUT2D eigenvalue weighted by molar-refractivity contribution is -0.149. The molecule has 0 aromatic rings. The van der Waals surface area contributed by atoms with Gasteiger partial charge in [-0.15, -0.1) is 0 Å². The number of hydrogen-bond acceptors (Lipinski definition) is 3. The molecule has 4 atom stereocenters. The molecule has 2 aliphatic rings. The summed E-state index contributed by atoms with van der Waals surface area (Å²) < 4.78 is 10.6. The lowest BCUT2D eigenvalue weighted by atomic mass is 9.78. The first-order valence-electron chi connectivity index (χ1n) is 4.93. The van der Waals surface area contributed by atoms with Crippen LogP contribution in [0.25, 0.3) is 0 Å². The van der Waals surface area contributed by atoms with Crippen molar-refractivity contribution in [2.45, 2.75) is 38.4 Å². The molecular weight excluding hydrogens is 168 g/mol. The average molecular weight is 184 g/mol. The van der Waals surface area contributed by atoms with Crippen LogP contribution in [-0.4, -0.2) is 25.3 Å². The van der Waals surface area contributed by atoms with Crippen molar-refractivity contribution in [2.75, 3.05) is 7.11 Å². The molecule has 0 unspecified atom stereocenters. The van der Waals surface area contributed by atoms with Crippen molar-refractivity contribution >= 4 is 5.97 Å². The van der Waals surface area contributed by atoms with Gasteiger partial charge >= 0.3 is 5.97 Å². The number of hydrogen-bond donors (Lipinski definition) is 0. The Morgan fingerprint density at radius 3 is 2.92 bits per heavy atom. The van der Waals surface area contributed by atoms with Crippen LogP contribution >= 0.6 is 0 Å². The molecular formula is C10H16O3. The van der Waals surface area contributed by atoms with Gasteiger partial charge in [0, 0.05) is 13.0 Å². The molecule has 0 bridgehead atoms. The summed E-state index contributed by atoms with van der Waals surface area (Å²) in [4.78, 5) is 11.1. The number of carbonyl (C=O) groups excluding carboxylic acids is 1. The van der Waals surface area contributed by atoms with E-state index in [0.717, 1.165) is 12.8 Å². The van der Waals surface area contributed by atoms with Gasteiger partial charge in [-0.05, 0) is 18.8 Å². The molecule has 2 fully saturated rings. The highest BCUT2D eigenvalue weighted by Crippen LogP contribution is 2.38. The number of rotatable bonds is 1. The van der Waals surface area contributed by atoms with Crippen molar-refractivity contribution in [1.29, 1.82) is 0 Å². The second kappa shape index (κ2) is 3.29. The second-order valence-corrected chi connectivity index (χ2v) is 4.27. The molecule has 1 aliphatic carbocycles. The maximum atomic E-state index is 11.1. The highest BCUT2D eigenvalue weighted by Gasteiger charge is 2.44. The predicted octanol–water partition coefficient (Wildman–Crippen LogP) is 1.36. The van der Waals surface area contributed by atoms with Crippen molar-refractivity contribution in [3.05, 3.63) is 0 Å². The molecule has 0 aromatic heterocycles. The smallest absolute Gasteiger partial charge is 0.306 e. The van der Waals surface area contributed by atoms with Gasteiger partial charge < -0.3 is 9.47 Å². The fraction of sp³-hybridized carbons (Fsp3) is 0.900. The first kappa shape index (κ1) is 9.00. The number of fused-ring (bicyclic) bond motifs is 1. The Hall–Kier alpha value is -0.570. The van der Waals surface area contributed by atoms with Crippen molar-refractivity contribution in [3.8, 4) is 0 Å². The summed E-state index contributed by atoms with van der Waals surface area (Å²) in [5.41, 5.74) is 0. The van der Waals surface area contributed by atoms with Gasteiger partial charge in [-0.1, -0.05) is 6.92 Å². The van der Waals surface area contributed by atoms with Gasteiger partial charge in [0.25, 0.3) is 0 Å². The van der Waals surface area contributed by atoms with E-state index in [1.165, 1.54) is 0 Å². The third-order valence-corrected chi connectivity index (χ3v) is 3.17. The van der Waals surface area contributed by atoms with Crippen molar-refractivity contribution in [1.82, 2.24) is 0 Å². The van der Waals surface area contributed by atoms with Crippen molar-refractivity contribution in [3.63, 3.8) is 0 Å². The van der Waals surface area contributed by atoms with Gasteiger partial charge in [-0.2, -0.15) is 0 Å². The normalized spacial score (nSPS) is 44.3. The quantitative estimate of drug-likeness (QED) is 0.577. The van der Waals surface area contributed by atoms with E-state index in [1.54, 1.807) is 7.11 Å². The summed E-state index contributed by atoms with van der Waals surface area (Å²) in [5, 5.41) is 0. The maximum Gasteiger partial charge on any atom is 0.306 e. The fourth-order valence-corrected chi connectivity index (χ4v) is 2.60. The van der Waals surface area contributed by atoms with Crippen LogP contribution in [0.1, 0.15) is 26.2 Å². The molecule has 1 saturated heterocycles. The molecule has 0 amide bonds. The minimum atomic E-state index is -0.0499. The van der Waals surface area contributed by atoms with Crippen LogP contribution in [0.5, 0.6) is 0 Å². The number of methoxy groups -OCH3 is 1. The van der Waals surface area contributed by atoms with Gasteiger partial charge in [0.15, 0.2) is 0 Å². The standard InChI is InChI=1S/C10H16O3/c1-6-3-7-5-9(11)13-10(7)8(4-6)12-2/h6-8,10H,3-5H2,1-2H3/t6-,7-,8+,10+/m0/s1. The van der Waals surface area contributed by atoms with E-state index in [2.05, 4.69) is 6.92 Å². The van der Waals surface area contributed by atoms with Crippen LogP contribution < -0.4 is 0 Å². The van der Waals surface area contributed by atoms with Gasteiger partial charge in [0.1, 0.15) is 6.10 Å². The lowest BCUT2D eigenvalue weighted by Crippen LogP contribution is -2.39. The van der Waals surface area contributed by atoms with Crippen molar-refractivity contribution in [2.24, 2.45) is 11.8 Å². The molecule has 3 heteroatoms. The second-order valence-electron chi connectivity index (χ2n) is 4.27. The highest BCUT2D eigenvalue weighted by atomic mass is 16.6. The molecule has 0 aromatic carbocycles. The molecule has 74 valence electrons. The third-order valence-electron chi connectivity index (χ3n) is 3.17. The maximum absolute atomic E-state index is 11.1. The van der Waals surface area contributed by atoms with Crippen LogP contribution in [0.2, 0.25) is 0 Å². The van der Waals surface area contributed by atoms with E-state index in [4.69, 9.17) is 9.47 Å². The van der Waals surface area contributed by atoms with E-state index >= 15 is 0 Å². The zero-order valence-electron chi connectivity index (χ0n) is 8.16. The Bertz CT molecular complexity index is 214. The largest absolute Gasteiger partial charge is 0.459 e. The van der Waals surface area contributed by atoms with Crippen LogP contribution in [0.15, 0.2) is 0 Å². The molecule has 2 rings (SSSR count). The molecule has 1 aliphatic heterocycles. The van der Waals surface area contributed by atoms with E-state index in [9.17, 15) is 4.79 Å². The summed E-state index contributed by atoms with van der Waals surface area (Å²) in [6.45, 7) is 2.21. The highest BCUT2D eigenvalue weighted by molar-refractivity contribution is 5.72. The first-order chi connectivity index (χ1) is 6.20. The van der Waals surface area contributed by atoms with Crippen LogP contribution in [0.3, 0.4) is 0 Å². The van der Waals surface area contributed by atoms with Gasteiger partial charge in [-0.25, -0.2) is 0 Å². The Balaban J connectivity index is 2.10. The Morgan fingerprint density at radius 1 is 1.46 bits per heavy atom. The van der Waals surface area contributed by atoms with Crippen LogP contribution in [0, 0.1) is 11.8 Å². The topological polar surface area (TPSA) is 35.5 Å². The fourth-order valence-electron chi connectivity index (χ4n) is 2.60. The van der Waals surface area contributed by atoms with Gasteiger partial charge in [0.05, 0.1) is 12.5 Å². The van der Waals surface area contributed by atoms with Crippen LogP contribution in [-0.2, 0) is 14.3 Å². The van der Waals surface area contributed by atoms with E-state index in [1.807, 2.05) is 0 Å². The molecule has 3 nitrogen and oxygen atoms in total. The molecule has 0 radical (unpaired) electrons. The van der Waals surface area contributed by atoms with E-state index < -0.39 is 0 Å². The minimum absolute atomic E-state index is 0.0358. The SMILES string of the molecule is CO[C@@H]1C[C@@H](C)C[C@H]2CC(=O)O[C@H]21. The van der Waals surface area contributed by atoms with E-state index in [0.29, 0.717) is 18.3 Å². The van der Waals surface area contributed by atoms with Crippen molar-refractivity contribution < 1.29 is 14.3 Å².